The van der Waals surface area contributed by atoms with Gasteiger partial charge in [-0.1, -0.05) is 24.3 Å². The van der Waals surface area contributed by atoms with Gasteiger partial charge in [0.15, 0.2) is 5.82 Å². The molecule has 190 valence electrons. The predicted octanol–water partition coefficient (Wildman–Crippen LogP) is 5.84. The number of benzene rings is 2. The highest BCUT2D eigenvalue weighted by Crippen LogP contribution is 2.36. The third-order valence-corrected chi connectivity index (χ3v) is 5.73. The van der Waals surface area contributed by atoms with Crippen LogP contribution in [0, 0.1) is 0 Å². The van der Waals surface area contributed by atoms with Crippen molar-refractivity contribution in [3.63, 3.8) is 0 Å². The molecule has 0 amide bonds. The van der Waals surface area contributed by atoms with Gasteiger partial charge in [-0.3, -0.25) is 4.90 Å². The minimum absolute atomic E-state index is 0.308. The number of hydrogen-bond donors (Lipinski definition) is 0. The molecule has 1 atom stereocenters. The Hall–Kier alpha value is -3.66. The fraction of sp³-hybridized carbons (Fsp3) is 0.346. The van der Waals surface area contributed by atoms with Crippen LogP contribution in [0.15, 0.2) is 71.3 Å². The largest absolute Gasteiger partial charge is 0.497 e. The Morgan fingerprint density at radius 3 is 2.44 bits per heavy atom. The topological polar surface area (TPSA) is 69.2 Å². The van der Waals surface area contributed by atoms with Crippen molar-refractivity contribution in [2.45, 2.75) is 51.6 Å². The maximum Gasteiger partial charge on any atom is 0.416 e. The summed E-state index contributed by atoms with van der Waals surface area (Å²) in [6.07, 6.45) is -2.92. The lowest BCUT2D eigenvalue weighted by atomic mass is 9.99. The summed E-state index contributed by atoms with van der Waals surface area (Å²) in [5.74, 6) is 1.77. The Balaban J connectivity index is 1.88. The van der Waals surface area contributed by atoms with Crippen LogP contribution in [-0.2, 0) is 24.8 Å². The number of aromatic nitrogens is 4. The zero-order valence-electron chi connectivity index (χ0n) is 20.5. The summed E-state index contributed by atoms with van der Waals surface area (Å²) in [5, 5.41) is 12.4. The van der Waals surface area contributed by atoms with E-state index in [1.807, 2.05) is 56.0 Å². The van der Waals surface area contributed by atoms with Gasteiger partial charge in [0, 0.05) is 6.54 Å². The Morgan fingerprint density at radius 1 is 1.00 bits per heavy atom. The molecule has 36 heavy (non-hydrogen) atoms. The van der Waals surface area contributed by atoms with Gasteiger partial charge in [-0.25, -0.2) is 4.68 Å². The molecular formula is C26H28F3N5O2. The summed E-state index contributed by atoms with van der Waals surface area (Å²) < 4.78 is 53.7. The summed E-state index contributed by atoms with van der Waals surface area (Å²) in [6, 6.07) is 15.7. The Kier molecular flexibility index (Phi) is 7.16. The van der Waals surface area contributed by atoms with Gasteiger partial charge in [0.25, 0.3) is 0 Å². The van der Waals surface area contributed by atoms with Gasteiger partial charge in [0.2, 0.25) is 0 Å². The summed E-state index contributed by atoms with van der Waals surface area (Å²) in [7, 11) is 1.59. The van der Waals surface area contributed by atoms with E-state index in [4.69, 9.17) is 9.15 Å². The highest BCUT2D eigenvalue weighted by molar-refractivity contribution is 5.33. The molecule has 0 aliphatic carbocycles. The minimum atomic E-state index is -4.49. The average molecular weight is 500 g/mol. The molecule has 2 aromatic heterocycles. The fourth-order valence-corrected chi connectivity index (χ4v) is 4.10. The molecule has 10 heteroatoms. The third kappa shape index (κ3) is 5.76. The molecule has 0 fully saturated rings. The molecule has 0 aliphatic rings. The van der Waals surface area contributed by atoms with E-state index in [2.05, 4.69) is 15.5 Å². The number of furan rings is 1. The Morgan fingerprint density at radius 2 is 1.78 bits per heavy atom. The molecule has 2 aromatic carbocycles. The average Bonchev–Trinajstić information content (AvgIpc) is 3.51. The molecule has 4 rings (SSSR count). The van der Waals surface area contributed by atoms with Crippen LogP contribution in [0.4, 0.5) is 13.2 Å². The minimum Gasteiger partial charge on any atom is -0.497 e. The molecule has 0 N–H and O–H groups in total. The van der Waals surface area contributed by atoms with Crippen LogP contribution < -0.4 is 4.74 Å². The molecule has 4 aromatic rings. The third-order valence-electron chi connectivity index (χ3n) is 5.73. The fourth-order valence-electron chi connectivity index (χ4n) is 4.10. The normalized spacial score (nSPS) is 13.2. The second kappa shape index (κ2) is 10.1. The first-order valence-corrected chi connectivity index (χ1v) is 11.4. The van der Waals surface area contributed by atoms with E-state index in [9.17, 15) is 13.2 Å². The monoisotopic (exact) mass is 499 g/mol. The number of halogens is 3. The number of hydrogen-bond acceptors (Lipinski definition) is 6. The highest BCUT2D eigenvalue weighted by Gasteiger charge is 2.35. The zero-order chi connectivity index (χ0) is 25.9. The van der Waals surface area contributed by atoms with Crippen LogP contribution in [0.25, 0.3) is 0 Å². The maximum atomic E-state index is 13.7. The van der Waals surface area contributed by atoms with Gasteiger partial charge in [0.1, 0.15) is 11.5 Å². The van der Waals surface area contributed by atoms with Gasteiger partial charge in [-0.15, -0.1) is 5.10 Å². The van der Waals surface area contributed by atoms with Crippen molar-refractivity contribution in [1.29, 1.82) is 0 Å². The van der Waals surface area contributed by atoms with E-state index in [0.29, 0.717) is 36.0 Å². The van der Waals surface area contributed by atoms with E-state index in [1.165, 1.54) is 6.07 Å². The molecule has 7 nitrogen and oxygen atoms in total. The van der Waals surface area contributed by atoms with Gasteiger partial charge in [0.05, 0.1) is 37.1 Å². The molecule has 0 saturated heterocycles. The van der Waals surface area contributed by atoms with E-state index in [-0.39, 0.29) is 0 Å². The van der Waals surface area contributed by atoms with Crippen molar-refractivity contribution >= 4 is 0 Å². The van der Waals surface area contributed by atoms with Crippen molar-refractivity contribution < 1.29 is 22.3 Å². The highest BCUT2D eigenvalue weighted by atomic mass is 19.4. The van der Waals surface area contributed by atoms with Gasteiger partial charge in [-0.2, -0.15) is 13.2 Å². The van der Waals surface area contributed by atoms with Crippen LogP contribution in [0.3, 0.4) is 0 Å². The van der Waals surface area contributed by atoms with Crippen molar-refractivity contribution in [3.05, 3.63) is 95.2 Å². The van der Waals surface area contributed by atoms with Gasteiger partial charge >= 0.3 is 6.18 Å². The second-order valence-corrected chi connectivity index (χ2v) is 9.48. The number of methoxy groups -OCH3 is 1. The Labute approximate surface area is 207 Å². The standard InChI is InChI=1S/C26H28F3N5O2/c1-25(2,3)34-24(30-31-32-34)23(19-9-6-10-20(15-19)26(27,28)29)33(17-22-12-7-13-36-22)16-18-8-5-11-21(14-18)35-4/h5-15,23H,16-17H2,1-4H3. The van der Waals surface area contributed by atoms with Crippen molar-refractivity contribution in [3.8, 4) is 5.75 Å². The molecule has 0 spiro atoms. The lowest BCUT2D eigenvalue weighted by molar-refractivity contribution is -0.137. The SMILES string of the molecule is COc1cccc(CN(Cc2ccco2)C(c2cccc(C(F)(F)F)c2)c2nnnn2C(C)(C)C)c1. The summed E-state index contributed by atoms with van der Waals surface area (Å²) in [4.78, 5) is 2.00. The second-order valence-electron chi connectivity index (χ2n) is 9.48. The maximum absolute atomic E-state index is 13.7. The van der Waals surface area contributed by atoms with Crippen molar-refractivity contribution in [2.75, 3.05) is 7.11 Å². The molecule has 2 heterocycles. The van der Waals surface area contributed by atoms with Gasteiger partial charge in [-0.05, 0) is 78.7 Å². The molecule has 0 aliphatic heterocycles. The predicted molar refractivity (Wildman–Crippen MR) is 127 cm³/mol. The quantitative estimate of drug-likeness (QED) is 0.303. The molecular weight excluding hydrogens is 471 g/mol. The van der Waals surface area contributed by atoms with Crippen molar-refractivity contribution in [2.24, 2.45) is 0 Å². The number of alkyl halides is 3. The van der Waals surface area contributed by atoms with E-state index in [1.54, 1.807) is 30.2 Å². The molecule has 1 unspecified atom stereocenters. The lowest BCUT2D eigenvalue weighted by Gasteiger charge is -2.33. The molecule has 0 bridgehead atoms. The van der Waals surface area contributed by atoms with Crippen LogP contribution in [0.2, 0.25) is 0 Å². The number of tetrazole rings is 1. The van der Waals surface area contributed by atoms with E-state index < -0.39 is 23.3 Å². The lowest BCUT2D eigenvalue weighted by Crippen LogP contribution is -2.35. The van der Waals surface area contributed by atoms with E-state index in [0.717, 1.165) is 17.7 Å². The number of rotatable bonds is 8. The first-order valence-electron chi connectivity index (χ1n) is 11.4. The summed E-state index contributed by atoms with van der Waals surface area (Å²) in [6.45, 7) is 6.50. The summed E-state index contributed by atoms with van der Waals surface area (Å²) in [5.41, 5.74) is 0.0803. The van der Waals surface area contributed by atoms with Crippen LogP contribution in [-0.4, -0.2) is 32.2 Å². The van der Waals surface area contributed by atoms with Crippen molar-refractivity contribution in [1.82, 2.24) is 25.1 Å². The van der Waals surface area contributed by atoms with E-state index >= 15 is 0 Å². The van der Waals surface area contributed by atoms with Crippen LogP contribution >= 0.6 is 0 Å². The first kappa shape index (κ1) is 25.4. The van der Waals surface area contributed by atoms with Crippen LogP contribution in [0.5, 0.6) is 5.75 Å². The first-order chi connectivity index (χ1) is 17.1. The Bertz CT molecular complexity index is 1280. The van der Waals surface area contributed by atoms with Gasteiger partial charge < -0.3 is 9.15 Å². The van der Waals surface area contributed by atoms with Crippen LogP contribution in [0.1, 0.15) is 55.1 Å². The zero-order valence-corrected chi connectivity index (χ0v) is 20.5. The summed E-state index contributed by atoms with van der Waals surface area (Å²) >= 11 is 0. The number of nitrogens with zero attached hydrogens (tertiary/aromatic N) is 5. The molecule has 0 saturated carbocycles. The smallest absolute Gasteiger partial charge is 0.416 e. The molecule has 0 radical (unpaired) electrons. The number of ether oxygens (including phenoxy) is 1.